The fourth-order valence-corrected chi connectivity index (χ4v) is 3.57. The summed E-state index contributed by atoms with van der Waals surface area (Å²) in [6.45, 7) is 6.23. The van der Waals surface area contributed by atoms with Crippen LogP contribution in [0, 0.1) is 20.8 Å². The molecule has 2 aromatic carbocycles. The van der Waals surface area contributed by atoms with Crippen molar-refractivity contribution in [2.45, 2.75) is 27.3 Å². The molecule has 0 aliphatic rings. The van der Waals surface area contributed by atoms with E-state index < -0.39 is 0 Å². The first kappa shape index (κ1) is 22.3. The van der Waals surface area contributed by atoms with Gasteiger partial charge in [0.25, 0.3) is 5.91 Å². The van der Waals surface area contributed by atoms with Gasteiger partial charge in [-0.3, -0.25) is 14.3 Å². The zero-order chi connectivity index (χ0) is 22.5. The van der Waals surface area contributed by atoms with E-state index in [1.54, 1.807) is 38.2 Å². The summed E-state index contributed by atoms with van der Waals surface area (Å²) >= 11 is 6.27. The molecule has 0 spiro atoms. The third-order valence-corrected chi connectivity index (χ3v) is 5.55. The summed E-state index contributed by atoms with van der Waals surface area (Å²) in [7, 11) is 1.58. The average molecular weight is 437 g/mol. The maximum absolute atomic E-state index is 12.5. The molecule has 1 heterocycles. The van der Waals surface area contributed by atoms with Crippen LogP contribution in [0.4, 0.5) is 5.69 Å². The van der Waals surface area contributed by atoms with Gasteiger partial charge in [0.05, 0.1) is 12.2 Å². The highest BCUT2D eigenvalue weighted by Crippen LogP contribution is 2.21. The van der Waals surface area contributed by atoms with Gasteiger partial charge < -0.3 is 10.6 Å². The first-order valence-electron chi connectivity index (χ1n) is 9.90. The summed E-state index contributed by atoms with van der Waals surface area (Å²) in [5.74, 6) is -0.476. The summed E-state index contributed by atoms with van der Waals surface area (Å²) in [5, 5.41) is 10.7. The lowest BCUT2D eigenvalue weighted by molar-refractivity contribution is -0.111. The fraction of sp³-hybridized carbons (Fsp3) is 0.208. The van der Waals surface area contributed by atoms with E-state index in [9.17, 15) is 9.59 Å². The maximum Gasteiger partial charge on any atom is 0.251 e. The van der Waals surface area contributed by atoms with E-state index in [0.717, 1.165) is 22.5 Å². The first-order valence-corrected chi connectivity index (χ1v) is 10.3. The highest BCUT2D eigenvalue weighted by Gasteiger charge is 2.13. The van der Waals surface area contributed by atoms with Crippen molar-refractivity contribution < 1.29 is 9.59 Å². The third-order valence-electron chi connectivity index (χ3n) is 5.18. The van der Waals surface area contributed by atoms with Gasteiger partial charge in [-0.25, -0.2) is 0 Å². The quantitative estimate of drug-likeness (QED) is 0.558. The average Bonchev–Trinajstić information content (AvgIpc) is 3.01. The molecular weight excluding hydrogens is 412 g/mol. The van der Waals surface area contributed by atoms with Gasteiger partial charge in [0.2, 0.25) is 5.91 Å². The number of carbonyl (C=O) groups is 2. The van der Waals surface area contributed by atoms with Crippen LogP contribution >= 0.6 is 11.6 Å². The van der Waals surface area contributed by atoms with Crippen molar-refractivity contribution in [3.05, 3.63) is 87.2 Å². The number of anilines is 1. The minimum Gasteiger partial charge on any atom is -0.355 e. The van der Waals surface area contributed by atoms with E-state index >= 15 is 0 Å². The molecule has 3 aromatic rings. The number of benzene rings is 2. The second-order valence-electron chi connectivity index (χ2n) is 7.21. The fourth-order valence-electron chi connectivity index (χ4n) is 3.38. The lowest BCUT2D eigenvalue weighted by Gasteiger charge is -2.10. The van der Waals surface area contributed by atoms with Crippen LogP contribution in [0.25, 0.3) is 6.08 Å². The van der Waals surface area contributed by atoms with Crippen LogP contribution in [-0.4, -0.2) is 28.6 Å². The summed E-state index contributed by atoms with van der Waals surface area (Å²) in [5.41, 5.74) is 5.47. The number of carbonyl (C=O) groups excluding carboxylic acids is 2. The Bertz CT molecular complexity index is 1160. The van der Waals surface area contributed by atoms with Crippen LogP contribution in [0.1, 0.15) is 38.4 Å². The van der Waals surface area contributed by atoms with Gasteiger partial charge in [0.15, 0.2) is 0 Å². The number of rotatable bonds is 6. The van der Waals surface area contributed by atoms with Crippen LogP contribution in [0.2, 0.25) is 5.02 Å². The lowest BCUT2D eigenvalue weighted by Crippen LogP contribution is -2.20. The molecule has 1 aromatic heterocycles. The standard InChI is InChI=1S/C24H25ClN4O2/c1-15-19(24(31)26-4)9-7-11-22(15)27-23(30)13-12-20-16(2)28-29(17(20)3)14-18-8-5-6-10-21(18)25/h5-13H,14H2,1-4H3,(H,26,31)(H,27,30)/b13-12+. The minimum atomic E-state index is -0.283. The molecule has 0 aliphatic heterocycles. The van der Waals surface area contributed by atoms with Gasteiger partial charge >= 0.3 is 0 Å². The molecule has 0 unspecified atom stereocenters. The number of nitrogens with zero attached hydrogens (tertiary/aromatic N) is 2. The smallest absolute Gasteiger partial charge is 0.251 e. The monoisotopic (exact) mass is 436 g/mol. The molecule has 0 radical (unpaired) electrons. The molecule has 0 saturated carbocycles. The topological polar surface area (TPSA) is 76.0 Å². The first-order chi connectivity index (χ1) is 14.8. The molecule has 6 nitrogen and oxygen atoms in total. The number of amides is 2. The highest BCUT2D eigenvalue weighted by molar-refractivity contribution is 6.31. The summed E-state index contributed by atoms with van der Waals surface area (Å²) < 4.78 is 1.88. The molecule has 0 saturated heterocycles. The van der Waals surface area contributed by atoms with Crippen LogP contribution in [0.5, 0.6) is 0 Å². The predicted molar refractivity (Wildman–Crippen MR) is 124 cm³/mol. The Hall–Kier alpha value is -3.38. The van der Waals surface area contributed by atoms with Gasteiger partial charge in [-0.1, -0.05) is 35.9 Å². The molecule has 2 amide bonds. The molecular formula is C24H25ClN4O2. The van der Waals surface area contributed by atoms with E-state index in [2.05, 4.69) is 15.7 Å². The van der Waals surface area contributed by atoms with Crippen LogP contribution in [0.15, 0.2) is 48.5 Å². The van der Waals surface area contributed by atoms with E-state index in [4.69, 9.17) is 11.6 Å². The van der Waals surface area contributed by atoms with Crippen LogP contribution in [0.3, 0.4) is 0 Å². The number of hydrogen-bond donors (Lipinski definition) is 2. The van der Waals surface area contributed by atoms with E-state index in [0.29, 0.717) is 28.4 Å². The van der Waals surface area contributed by atoms with Gasteiger partial charge in [0.1, 0.15) is 0 Å². The van der Waals surface area contributed by atoms with E-state index in [1.165, 1.54) is 6.08 Å². The Kier molecular flexibility index (Phi) is 6.92. The Balaban J connectivity index is 1.77. The summed E-state index contributed by atoms with van der Waals surface area (Å²) in [6.07, 6.45) is 3.23. The van der Waals surface area contributed by atoms with Crippen molar-refractivity contribution in [2.24, 2.45) is 0 Å². The molecule has 0 bridgehead atoms. The molecule has 0 aliphatic carbocycles. The normalized spacial score (nSPS) is 11.0. The number of aromatic nitrogens is 2. The third kappa shape index (κ3) is 5.03. The predicted octanol–water partition coefficient (Wildman–Crippen LogP) is 4.52. The minimum absolute atomic E-state index is 0.193. The Morgan fingerprint density at radius 1 is 1.10 bits per heavy atom. The van der Waals surface area contributed by atoms with Crippen molar-refractivity contribution in [1.82, 2.24) is 15.1 Å². The molecule has 0 fully saturated rings. The summed E-state index contributed by atoms with van der Waals surface area (Å²) in [6, 6.07) is 12.9. The number of hydrogen-bond acceptors (Lipinski definition) is 3. The highest BCUT2D eigenvalue weighted by atomic mass is 35.5. The Morgan fingerprint density at radius 3 is 2.55 bits per heavy atom. The molecule has 160 valence electrons. The lowest BCUT2D eigenvalue weighted by atomic mass is 10.1. The van der Waals surface area contributed by atoms with Crippen molar-refractivity contribution in [3.8, 4) is 0 Å². The van der Waals surface area contributed by atoms with Gasteiger partial charge in [0, 0.05) is 40.7 Å². The number of nitrogens with one attached hydrogen (secondary N) is 2. The van der Waals surface area contributed by atoms with Crippen molar-refractivity contribution in [2.75, 3.05) is 12.4 Å². The number of halogens is 1. The van der Waals surface area contributed by atoms with Gasteiger partial charge in [-0.15, -0.1) is 0 Å². The maximum atomic E-state index is 12.5. The number of aryl methyl sites for hydroxylation is 1. The second kappa shape index (κ2) is 9.62. The van der Waals surface area contributed by atoms with Crippen LogP contribution < -0.4 is 10.6 Å². The van der Waals surface area contributed by atoms with Crippen molar-refractivity contribution in [1.29, 1.82) is 0 Å². The second-order valence-corrected chi connectivity index (χ2v) is 7.62. The van der Waals surface area contributed by atoms with Crippen molar-refractivity contribution >= 4 is 35.2 Å². The summed E-state index contributed by atoms with van der Waals surface area (Å²) in [4.78, 5) is 24.5. The van der Waals surface area contributed by atoms with E-state index in [1.807, 2.05) is 42.8 Å². The zero-order valence-electron chi connectivity index (χ0n) is 18.0. The van der Waals surface area contributed by atoms with Crippen LogP contribution in [-0.2, 0) is 11.3 Å². The molecule has 2 N–H and O–H groups in total. The van der Waals surface area contributed by atoms with Gasteiger partial charge in [-0.05, 0) is 56.2 Å². The molecule has 7 heteroatoms. The van der Waals surface area contributed by atoms with Crippen molar-refractivity contribution in [3.63, 3.8) is 0 Å². The van der Waals surface area contributed by atoms with Gasteiger partial charge in [-0.2, -0.15) is 5.10 Å². The van der Waals surface area contributed by atoms with E-state index in [-0.39, 0.29) is 11.8 Å². The zero-order valence-corrected chi connectivity index (χ0v) is 18.7. The Morgan fingerprint density at radius 2 is 1.84 bits per heavy atom. The Labute approximate surface area is 186 Å². The molecule has 0 atom stereocenters. The SMILES string of the molecule is CNC(=O)c1cccc(NC(=O)/C=C/c2c(C)nn(Cc3ccccc3Cl)c2C)c1C. The molecule has 3 rings (SSSR count). The molecule has 31 heavy (non-hydrogen) atoms. The largest absolute Gasteiger partial charge is 0.355 e.